The minimum absolute atomic E-state index is 0.426. The molecule has 2 N–H and O–H groups in total. The highest BCUT2D eigenvalue weighted by molar-refractivity contribution is 6.31. The molecule has 0 saturated carbocycles. The van der Waals surface area contributed by atoms with E-state index in [-0.39, 0.29) is 0 Å². The van der Waals surface area contributed by atoms with Gasteiger partial charge in [-0.05, 0) is 24.3 Å². The number of H-pyrrole nitrogens is 1. The molecule has 2 aromatic heterocycles. The number of benzene rings is 3. The summed E-state index contributed by atoms with van der Waals surface area (Å²) in [5.41, 5.74) is 7.62. The number of fused-ring (bicyclic) bond motifs is 2. The van der Waals surface area contributed by atoms with Crippen LogP contribution in [0.4, 0.5) is 5.95 Å². The number of aromatic nitrogens is 3. The fourth-order valence-electron chi connectivity index (χ4n) is 3.33. The molecule has 0 spiro atoms. The molecule has 2 heterocycles. The van der Waals surface area contributed by atoms with Crippen molar-refractivity contribution in [2.75, 3.05) is 5.43 Å². The maximum Gasteiger partial charge on any atom is 0.244 e. The number of halogens is 1. The number of nitrogens with one attached hydrogen (secondary N) is 2. The summed E-state index contributed by atoms with van der Waals surface area (Å²) in [5, 5.41) is 7.00. The molecule has 0 bridgehead atoms. The lowest BCUT2D eigenvalue weighted by Crippen LogP contribution is -1.99. The van der Waals surface area contributed by atoms with E-state index in [9.17, 15) is 0 Å². The Balaban J connectivity index is 1.53. The summed E-state index contributed by atoms with van der Waals surface area (Å²) < 4.78 is 0. The number of rotatable bonds is 4. The summed E-state index contributed by atoms with van der Waals surface area (Å²) in [6, 6.07) is 23.7. The number of aromatic amines is 1. The van der Waals surface area contributed by atoms with Crippen molar-refractivity contribution in [3.8, 4) is 11.3 Å². The Bertz CT molecular complexity index is 1340. The topological polar surface area (TPSA) is 66.0 Å². The number of para-hydroxylation sites is 1. The van der Waals surface area contributed by atoms with E-state index >= 15 is 0 Å². The van der Waals surface area contributed by atoms with Gasteiger partial charge in [0.2, 0.25) is 5.95 Å². The summed E-state index contributed by atoms with van der Waals surface area (Å²) in [6.45, 7) is 0. The molecule has 0 aliphatic carbocycles. The van der Waals surface area contributed by atoms with Crippen molar-refractivity contribution in [3.05, 3.63) is 89.6 Å². The summed E-state index contributed by atoms with van der Waals surface area (Å²) >= 11 is 6.21. The van der Waals surface area contributed by atoms with Crippen LogP contribution >= 0.6 is 11.6 Å². The van der Waals surface area contributed by atoms with Crippen molar-refractivity contribution < 1.29 is 0 Å². The van der Waals surface area contributed by atoms with Gasteiger partial charge in [-0.1, -0.05) is 60.1 Å². The highest BCUT2D eigenvalue weighted by Gasteiger charge is 2.10. The molecule has 29 heavy (non-hydrogen) atoms. The van der Waals surface area contributed by atoms with Crippen LogP contribution in [0.1, 0.15) is 5.56 Å². The van der Waals surface area contributed by atoms with Gasteiger partial charge in [-0.25, -0.2) is 15.4 Å². The maximum absolute atomic E-state index is 6.21. The van der Waals surface area contributed by atoms with E-state index in [1.54, 1.807) is 6.21 Å². The maximum atomic E-state index is 6.21. The van der Waals surface area contributed by atoms with E-state index < -0.39 is 0 Å². The fourth-order valence-corrected chi connectivity index (χ4v) is 3.50. The van der Waals surface area contributed by atoms with Gasteiger partial charge in [0.1, 0.15) is 0 Å². The molecule has 0 aliphatic heterocycles. The first-order chi connectivity index (χ1) is 14.3. The first-order valence-electron chi connectivity index (χ1n) is 9.16. The van der Waals surface area contributed by atoms with Crippen LogP contribution in [0.2, 0.25) is 5.02 Å². The van der Waals surface area contributed by atoms with E-state index in [2.05, 4.69) is 26.6 Å². The molecule has 5 nitrogen and oxygen atoms in total. The first kappa shape index (κ1) is 17.4. The normalized spacial score (nSPS) is 11.5. The Labute approximate surface area is 172 Å². The smallest absolute Gasteiger partial charge is 0.244 e. The van der Waals surface area contributed by atoms with Crippen LogP contribution in [0.3, 0.4) is 0 Å². The second kappa shape index (κ2) is 7.37. The average molecular weight is 398 g/mol. The second-order valence-electron chi connectivity index (χ2n) is 6.58. The van der Waals surface area contributed by atoms with Gasteiger partial charge >= 0.3 is 0 Å². The summed E-state index contributed by atoms with van der Waals surface area (Å²) in [7, 11) is 0. The van der Waals surface area contributed by atoms with Gasteiger partial charge < -0.3 is 4.98 Å². The molecule has 5 rings (SSSR count). The van der Waals surface area contributed by atoms with Crippen LogP contribution < -0.4 is 5.43 Å². The van der Waals surface area contributed by atoms with Gasteiger partial charge in [0.15, 0.2) is 0 Å². The first-order valence-corrected chi connectivity index (χ1v) is 9.54. The van der Waals surface area contributed by atoms with Crippen LogP contribution in [-0.2, 0) is 0 Å². The molecule has 3 aromatic carbocycles. The standard InChI is InChI=1S/C23H16ClN5/c24-17-10-11-21-19(12-17)22(15-6-2-1-3-7-15)28-23(27-21)29-26-14-16-13-25-20-9-5-4-8-18(16)20/h1-14,25H,(H,27,28,29)/b26-14+. The van der Waals surface area contributed by atoms with E-state index in [4.69, 9.17) is 16.6 Å². The Hall–Kier alpha value is -3.70. The zero-order valence-corrected chi connectivity index (χ0v) is 16.1. The average Bonchev–Trinajstić information content (AvgIpc) is 3.17. The summed E-state index contributed by atoms with van der Waals surface area (Å²) in [5.74, 6) is 0.426. The minimum Gasteiger partial charge on any atom is -0.361 e. The molecule has 0 aliphatic rings. The Kier molecular flexibility index (Phi) is 4.42. The largest absolute Gasteiger partial charge is 0.361 e. The zero-order chi connectivity index (χ0) is 19.6. The predicted octanol–water partition coefficient (Wildman–Crippen LogP) is 5.88. The van der Waals surface area contributed by atoms with Crippen LogP contribution in [0.25, 0.3) is 33.1 Å². The van der Waals surface area contributed by atoms with Crippen molar-refractivity contribution in [2.45, 2.75) is 0 Å². The number of hydrazone groups is 1. The number of hydrogen-bond donors (Lipinski definition) is 2. The molecule has 0 saturated heterocycles. The highest BCUT2D eigenvalue weighted by atomic mass is 35.5. The van der Waals surface area contributed by atoms with Crippen LogP contribution in [0.5, 0.6) is 0 Å². The molecule has 140 valence electrons. The number of nitrogens with zero attached hydrogens (tertiary/aromatic N) is 3. The molecule has 0 amide bonds. The Morgan fingerprint density at radius 1 is 0.897 bits per heavy atom. The lowest BCUT2D eigenvalue weighted by molar-refractivity contribution is 1.16. The molecule has 0 radical (unpaired) electrons. The highest BCUT2D eigenvalue weighted by Crippen LogP contribution is 2.29. The van der Waals surface area contributed by atoms with Gasteiger partial charge in [-0.2, -0.15) is 5.10 Å². The number of anilines is 1. The SMILES string of the molecule is Clc1ccc2nc(N/N=C/c3c[nH]c4ccccc34)nc(-c3ccccc3)c2c1. The van der Waals surface area contributed by atoms with Gasteiger partial charge in [-0.15, -0.1) is 0 Å². The quantitative estimate of drug-likeness (QED) is 0.294. The van der Waals surface area contributed by atoms with Gasteiger partial charge in [-0.3, -0.25) is 0 Å². The molecular weight excluding hydrogens is 382 g/mol. The van der Waals surface area contributed by atoms with Crippen molar-refractivity contribution in [2.24, 2.45) is 5.10 Å². The summed E-state index contributed by atoms with van der Waals surface area (Å²) in [4.78, 5) is 12.5. The molecule has 0 fully saturated rings. The van der Waals surface area contributed by atoms with Gasteiger partial charge in [0.25, 0.3) is 0 Å². The summed E-state index contributed by atoms with van der Waals surface area (Å²) in [6.07, 6.45) is 3.69. The van der Waals surface area contributed by atoms with Crippen LogP contribution in [-0.4, -0.2) is 21.2 Å². The predicted molar refractivity (Wildman–Crippen MR) is 119 cm³/mol. The fraction of sp³-hybridized carbons (Fsp3) is 0. The van der Waals surface area contributed by atoms with E-state index in [1.807, 2.05) is 72.9 Å². The van der Waals surface area contributed by atoms with Crippen molar-refractivity contribution in [1.82, 2.24) is 15.0 Å². The molecule has 6 heteroatoms. The van der Waals surface area contributed by atoms with E-state index in [1.165, 1.54) is 0 Å². The molecule has 5 aromatic rings. The van der Waals surface area contributed by atoms with Gasteiger partial charge in [0.05, 0.1) is 17.4 Å². The third kappa shape index (κ3) is 3.44. The molecule has 0 unspecified atom stereocenters. The van der Waals surface area contributed by atoms with Crippen LogP contribution in [0.15, 0.2) is 84.1 Å². The lowest BCUT2D eigenvalue weighted by Gasteiger charge is -2.09. The molecular formula is C23H16ClN5. The monoisotopic (exact) mass is 397 g/mol. The zero-order valence-electron chi connectivity index (χ0n) is 15.3. The lowest BCUT2D eigenvalue weighted by atomic mass is 10.1. The minimum atomic E-state index is 0.426. The van der Waals surface area contributed by atoms with Crippen molar-refractivity contribution in [1.29, 1.82) is 0 Å². The van der Waals surface area contributed by atoms with E-state index in [0.717, 1.165) is 38.6 Å². The number of hydrogen-bond acceptors (Lipinski definition) is 4. The van der Waals surface area contributed by atoms with E-state index in [0.29, 0.717) is 11.0 Å². The second-order valence-corrected chi connectivity index (χ2v) is 7.02. The Morgan fingerprint density at radius 2 is 1.72 bits per heavy atom. The van der Waals surface area contributed by atoms with Crippen molar-refractivity contribution in [3.63, 3.8) is 0 Å². The third-order valence-corrected chi connectivity index (χ3v) is 4.93. The Morgan fingerprint density at radius 3 is 2.62 bits per heavy atom. The van der Waals surface area contributed by atoms with Crippen molar-refractivity contribution >= 4 is 45.6 Å². The van der Waals surface area contributed by atoms with Crippen LogP contribution in [0, 0.1) is 0 Å². The molecule has 0 atom stereocenters. The third-order valence-electron chi connectivity index (χ3n) is 4.69. The van der Waals surface area contributed by atoms with Gasteiger partial charge in [0, 0.05) is 38.6 Å².